The fraction of sp³-hybridized carbons (Fsp3) is 0.304. The van der Waals surface area contributed by atoms with Crippen LogP contribution in [0, 0.1) is 0 Å². The largest absolute Gasteiger partial charge is 0.481 e. The Hall–Kier alpha value is -3.20. The standard InChI is InChI=1S/C21H19ClF3N3O.C2H4O2/c1-2-17-20(22)18(28-13-27-17)5-3-4-14-6-9-16(10-7-14)29-19-11-8-15(12-26-19)21(23,24)25;1-2(3)4/h6-13H,2-5H2,1H3;1H3,(H,3,4). The highest BCUT2D eigenvalue weighted by atomic mass is 35.5. The highest BCUT2D eigenvalue weighted by Crippen LogP contribution is 2.30. The van der Waals surface area contributed by atoms with Crippen molar-refractivity contribution in [3.8, 4) is 11.6 Å². The SMILES string of the molecule is CC(=O)O.CCc1ncnc(CCCc2ccc(Oc3ccc(C(F)(F)F)cn3)cc2)c1Cl. The molecule has 0 atom stereocenters. The summed E-state index contributed by atoms with van der Waals surface area (Å²) in [7, 11) is 0. The van der Waals surface area contributed by atoms with Crippen molar-refractivity contribution < 1.29 is 27.8 Å². The molecule has 2 heterocycles. The third-order valence-electron chi connectivity index (χ3n) is 4.36. The molecule has 1 aromatic carbocycles. The average Bonchev–Trinajstić information content (AvgIpc) is 2.75. The van der Waals surface area contributed by atoms with Crippen LogP contribution >= 0.6 is 11.6 Å². The van der Waals surface area contributed by atoms with E-state index in [1.807, 2.05) is 19.1 Å². The first-order chi connectivity index (χ1) is 15.6. The van der Waals surface area contributed by atoms with Crippen LogP contribution in [0.5, 0.6) is 11.6 Å². The zero-order valence-corrected chi connectivity index (χ0v) is 18.8. The van der Waals surface area contributed by atoms with Gasteiger partial charge in [-0.2, -0.15) is 13.2 Å². The number of rotatable bonds is 7. The van der Waals surface area contributed by atoms with E-state index in [9.17, 15) is 13.2 Å². The van der Waals surface area contributed by atoms with Gasteiger partial charge >= 0.3 is 6.18 Å². The minimum absolute atomic E-state index is 0.107. The molecule has 0 unspecified atom stereocenters. The molecule has 0 fully saturated rings. The number of aromatic nitrogens is 3. The van der Waals surface area contributed by atoms with Crippen molar-refractivity contribution in [1.82, 2.24) is 15.0 Å². The maximum absolute atomic E-state index is 12.6. The van der Waals surface area contributed by atoms with Gasteiger partial charge in [-0.05, 0) is 49.4 Å². The molecule has 0 radical (unpaired) electrons. The molecule has 10 heteroatoms. The van der Waals surface area contributed by atoms with E-state index in [4.69, 9.17) is 26.2 Å². The lowest BCUT2D eigenvalue weighted by Crippen LogP contribution is -2.05. The van der Waals surface area contributed by atoms with E-state index in [-0.39, 0.29) is 5.88 Å². The summed E-state index contributed by atoms with van der Waals surface area (Å²) in [6, 6.07) is 9.51. The predicted octanol–water partition coefficient (Wildman–Crippen LogP) is 6.16. The number of nitrogens with zero attached hydrogens (tertiary/aromatic N) is 3. The number of alkyl halides is 3. The maximum atomic E-state index is 12.6. The Labute approximate surface area is 194 Å². The Kier molecular flexibility index (Phi) is 9.59. The molecule has 6 nitrogen and oxygen atoms in total. The molecule has 33 heavy (non-hydrogen) atoms. The van der Waals surface area contributed by atoms with E-state index in [1.54, 1.807) is 18.5 Å². The average molecular weight is 482 g/mol. The molecule has 3 aromatic rings. The lowest BCUT2D eigenvalue weighted by molar-refractivity contribution is -0.138. The van der Waals surface area contributed by atoms with Crippen LogP contribution in [0.4, 0.5) is 13.2 Å². The van der Waals surface area contributed by atoms with Crippen molar-refractivity contribution in [1.29, 1.82) is 0 Å². The summed E-state index contributed by atoms with van der Waals surface area (Å²) in [5.74, 6) is -0.219. The van der Waals surface area contributed by atoms with Gasteiger partial charge in [-0.15, -0.1) is 0 Å². The number of pyridine rings is 1. The van der Waals surface area contributed by atoms with Gasteiger partial charge < -0.3 is 9.84 Å². The number of carboxylic acid groups (broad SMARTS) is 1. The number of aryl methyl sites for hydroxylation is 3. The third-order valence-corrected chi connectivity index (χ3v) is 4.79. The van der Waals surface area contributed by atoms with Gasteiger partial charge in [-0.3, -0.25) is 4.79 Å². The summed E-state index contributed by atoms with van der Waals surface area (Å²) >= 11 is 6.31. The van der Waals surface area contributed by atoms with Gasteiger partial charge in [0.05, 0.1) is 22.0 Å². The zero-order chi connectivity index (χ0) is 24.4. The first-order valence-electron chi connectivity index (χ1n) is 10.1. The Balaban J connectivity index is 0.000000890. The van der Waals surface area contributed by atoms with Crippen molar-refractivity contribution in [2.75, 3.05) is 0 Å². The monoisotopic (exact) mass is 481 g/mol. The molecule has 0 saturated heterocycles. The first kappa shape index (κ1) is 26.1. The minimum Gasteiger partial charge on any atom is -0.481 e. The highest BCUT2D eigenvalue weighted by Gasteiger charge is 2.30. The smallest absolute Gasteiger partial charge is 0.417 e. The number of benzene rings is 1. The predicted molar refractivity (Wildman–Crippen MR) is 118 cm³/mol. The van der Waals surface area contributed by atoms with Crippen LogP contribution in [-0.2, 0) is 30.2 Å². The van der Waals surface area contributed by atoms with E-state index in [2.05, 4.69) is 15.0 Å². The zero-order valence-electron chi connectivity index (χ0n) is 18.1. The van der Waals surface area contributed by atoms with E-state index < -0.39 is 17.7 Å². The summed E-state index contributed by atoms with van der Waals surface area (Å²) in [5, 5.41) is 8.06. The molecule has 0 aliphatic carbocycles. The fourth-order valence-corrected chi connectivity index (χ4v) is 3.11. The number of halogens is 4. The van der Waals surface area contributed by atoms with E-state index in [0.717, 1.165) is 61.8 Å². The normalized spacial score (nSPS) is 10.8. The molecular weight excluding hydrogens is 459 g/mol. The molecule has 0 bridgehead atoms. The summed E-state index contributed by atoms with van der Waals surface area (Å²) in [6.07, 6.45) is 1.11. The van der Waals surface area contributed by atoms with Crippen LogP contribution in [0.2, 0.25) is 5.02 Å². The fourth-order valence-electron chi connectivity index (χ4n) is 2.78. The number of carboxylic acids is 1. The van der Waals surface area contributed by atoms with E-state index in [1.165, 1.54) is 6.07 Å². The molecule has 0 aliphatic heterocycles. The van der Waals surface area contributed by atoms with Crippen LogP contribution in [-0.4, -0.2) is 26.0 Å². The summed E-state index contributed by atoms with van der Waals surface area (Å²) in [5.41, 5.74) is 2.01. The number of carbonyl (C=O) groups is 1. The Bertz CT molecular complexity index is 1040. The lowest BCUT2D eigenvalue weighted by Gasteiger charge is -2.09. The van der Waals surface area contributed by atoms with Crippen LogP contribution in [0.3, 0.4) is 0 Å². The summed E-state index contributed by atoms with van der Waals surface area (Å²) in [6.45, 7) is 3.09. The van der Waals surface area contributed by atoms with E-state index in [0.29, 0.717) is 10.8 Å². The van der Waals surface area contributed by atoms with Crippen LogP contribution in [0.25, 0.3) is 0 Å². The topological polar surface area (TPSA) is 85.2 Å². The molecule has 1 N–H and O–H groups in total. The van der Waals surface area contributed by atoms with Crippen LogP contribution < -0.4 is 4.74 Å². The van der Waals surface area contributed by atoms with Crippen molar-refractivity contribution in [3.63, 3.8) is 0 Å². The van der Waals surface area contributed by atoms with Crippen molar-refractivity contribution >= 4 is 17.6 Å². The van der Waals surface area contributed by atoms with Gasteiger partial charge in [0, 0.05) is 19.2 Å². The van der Waals surface area contributed by atoms with Gasteiger partial charge in [0.15, 0.2) is 0 Å². The number of ether oxygens (including phenoxy) is 1. The van der Waals surface area contributed by atoms with Gasteiger partial charge in [0.2, 0.25) is 5.88 Å². The Morgan fingerprint density at radius 1 is 1.03 bits per heavy atom. The molecule has 3 rings (SSSR count). The number of hydrogen-bond donors (Lipinski definition) is 1. The quantitative estimate of drug-likeness (QED) is 0.434. The van der Waals surface area contributed by atoms with Crippen molar-refractivity contribution in [2.24, 2.45) is 0 Å². The van der Waals surface area contributed by atoms with Gasteiger partial charge in [-0.1, -0.05) is 30.7 Å². The number of aliphatic carboxylic acids is 1. The van der Waals surface area contributed by atoms with Crippen molar-refractivity contribution in [2.45, 2.75) is 45.7 Å². The molecule has 2 aromatic heterocycles. The molecule has 0 amide bonds. The second kappa shape index (κ2) is 12.2. The first-order valence-corrected chi connectivity index (χ1v) is 10.5. The molecule has 0 spiro atoms. The second-order valence-corrected chi connectivity index (χ2v) is 7.31. The van der Waals surface area contributed by atoms with Gasteiger partial charge in [0.25, 0.3) is 5.97 Å². The summed E-state index contributed by atoms with van der Waals surface area (Å²) < 4.78 is 43.2. The van der Waals surface area contributed by atoms with Gasteiger partial charge in [0.1, 0.15) is 12.1 Å². The second-order valence-electron chi connectivity index (χ2n) is 6.94. The molecule has 176 valence electrons. The Morgan fingerprint density at radius 2 is 1.67 bits per heavy atom. The number of hydrogen-bond acceptors (Lipinski definition) is 5. The van der Waals surface area contributed by atoms with E-state index >= 15 is 0 Å². The van der Waals surface area contributed by atoms with Crippen LogP contribution in [0.1, 0.15) is 42.8 Å². The molecular formula is C23H23ClF3N3O3. The van der Waals surface area contributed by atoms with Crippen LogP contribution in [0.15, 0.2) is 48.9 Å². The van der Waals surface area contributed by atoms with Gasteiger partial charge in [-0.25, -0.2) is 15.0 Å². The Morgan fingerprint density at radius 3 is 2.21 bits per heavy atom. The third kappa shape index (κ3) is 8.69. The molecule has 0 saturated carbocycles. The molecule has 0 aliphatic rings. The minimum atomic E-state index is -4.42. The van der Waals surface area contributed by atoms with Crippen molar-refractivity contribution in [3.05, 3.63) is 76.5 Å². The summed E-state index contributed by atoms with van der Waals surface area (Å²) in [4.78, 5) is 21.1. The maximum Gasteiger partial charge on any atom is 0.417 e. The lowest BCUT2D eigenvalue weighted by atomic mass is 10.1. The highest BCUT2D eigenvalue weighted by molar-refractivity contribution is 6.31.